The fraction of sp³-hybridized carbons (Fsp3) is 0.312. The molecular formula is C32H29Cl2NO5. The van der Waals surface area contributed by atoms with Crippen LogP contribution in [0.1, 0.15) is 81.5 Å². The average molecular weight is 578 g/mol. The van der Waals surface area contributed by atoms with Gasteiger partial charge in [0.2, 0.25) is 0 Å². The zero-order valence-corrected chi connectivity index (χ0v) is 23.7. The number of carboxylic acids is 1. The van der Waals surface area contributed by atoms with E-state index in [0.717, 1.165) is 46.4 Å². The summed E-state index contributed by atoms with van der Waals surface area (Å²) < 4.78 is 12.0. The van der Waals surface area contributed by atoms with Crippen LogP contribution in [0.4, 0.5) is 0 Å². The van der Waals surface area contributed by atoms with Gasteiger partial charge in [-0.1, -0.05) is 52.6 Å². The van der Waals surface area contributed by atoms with Gasteiger partial charge in [-0.3, -0.25) is 0 Å². The minimum absolute atomic E-state index is 0.0520. The van der Waals surface area contributed by atoms with E-state index < -0.39 is 11.6 Å². The molecule has 2 aliphatic rings. The predicted molar refractivity (Wildman–Crippen MR) is 153 cm³/mol. The minimum Gasteiger partial charge on any atom is -0.489 e. The van der Waals surface area contributed by atoms with Gasteiger partial charge in [-0.25, -0.2) is 4.79 Å². The van der Waals surface area contributed by atoms with Crippen molar-refractivity contribution in [3.8, 4) is 17.0 Å². The van der Waals surface area contributed by atoms with Crippen LogP contribution in [0.25, 0.3) is 11.3 Å². The number of rotatable bonds is 8. The summed E-state index contributed by atoms with van der Waals surface area (Å²) in [5, 5.41) is 26.2. The van der Waals surface area contributed by atoms with Crippen molar-refractivity contribution in [3.63, 3.8) is 0 Å². The van der Waals surface area contributed by atoms with Gasteiger partial charge in [0, 0.05) is 17.0 Å². The highest BCUT2D eigenvalue weighted by Crippen LogP contribution is 2.53. The van der Waals surface area contributed by atoms with Gasteiger partial charge in [-0.15, -0.1) is 0 Å². The molecule has 2 fully saturated rings. The van der Waals surface area contributed by atoms with Crippen LogP contribution in [-0.4, -0.2) is 21.3 Å². The molecule has 0 aliphatic heterocycles. The van der Waals surface area contributed by atoms with E-state index in [1.165, 1.54) is 0 Å². The van der Waals surface area contributed by atoms with Gasteiger partial charge in [-0.2, -0.15) is 0 Å². The third kappa shape index (κ3) is 5.00. The molecule has 8 heteroatoms. The molecule has 0 unspecified atom stereocenters. The summed E-state index contributed by atoms with van der Waals surface area (Å²) in [5.41, 5.74) is 5.05. The quantitative estimate of drug-likeness (QED) is 0.219. The smallest absolute Gasteiger partial charge is 0.335 e. The first-order valence-corrected chi connectivity index (χ1v) is 14.1. The fourth-order valence-electron chi connectivity index (χ4n) is 5.76. The summed E-state index contributed by atoms with van der Waals surface area (Å²) >= 11 is 13.2. The van der Waals surface area contributed by atoms with Crippen LogP contribution in [0.5, 0.6) is 5.75 Å². The number of aryl methyl sites for hydroxylation is 2. The Morgan fingerprint density at radius 1 is 1.05 bits per heavy atom. The highest BCUT2D eigenvalue weighted by molar-refractivity contribution is 6.33. The molecule has 40 heavy (non-hydrogen) atoms. The van der Waals surface area contributed by atoms with Crippen LogP contribution >= 0.6 is 23.2 Å². The fourth-order valence-corrected chi connectivity index (χ4v) is 6.42. The second-order valence-electron chi connectivity index (χ2n) is 11.1. The first-order valence-electron chi connectivity index (χ1n) is 13.4. The molecule has 0 atom stereocenters. The molecule has 0 radical (unpaired) electrons. The lowest BCUT2D eigenvalue weighted by molar-refractivity contribution is -0.0549. The van der Waals surface area contributed by atoms with Gasteiger partial charge in [-0.05, 0) is 92.5 Å². The number of aliphatic hydroxyl groups is 1. The van der Waals surface area contributed by atoms with E-state index >= 15 is 0 Å². The molecule has 3 aromatic carbocycles. The number of ether oxygens (including phenoxy) is 1. The number of aromatic carboxylic acids is 1. The minimum atomic E-state index is -1.09. The topological polar surface area (TPSA) is 92.8 Å². The van der Waals surface area contributed by atoms with Crippen molar-refractivity contribution >= 4 is 29.2 Å². The highest BCUT2D eigenvalue weighted by Gasteiger charge is 2.46. The largest absolute Gasteiger partial charge is 0.489 e. The number of hydrogen-bond acceptors (Lipinski definition) is 5. The van der Waals surface area contributed by atoms with Crippen LogP contribution in [-0.2, 0) is 12.2 Å². The van der Waals surface area contributed by atoms with Gasteiger partial charge in [0.1, 0.15) is 23.8 Å². The van der Waals surface area contributed by atoms with E-state index in [1.54, 1.807) is 24.3 Å². The maximum absolute atomic E-state index is 11.5. The van der Waals surface area contributed by atoms with E-state index in [4.69, 9.17) is 32.5 Å². The Balaban J connectivity index is 1.19. The van der Waals surface area contributed by atoms with Crippen LogP contribution in [0.2, 0.25) is 10.0 Å². The van der Waals surface area contributed by atoms with Crippen molar-refractivity contribution in [2.45, 2.75) is 63.6 Å². The Labute approximate surface area is 242 Å². The number of carbonyl (C=O) groups is 1. The molecule has 0 bridgehead atoms. The van der Waals surface area contributed by atoms with Gasteiger partial charge in [0.15, 0.2) is 0 Å². The molecule has 6 rings (SSSR count). The summed E-state index contributed by atoms with van der Waals surface area (Å²) in [6.45, 7) is 4.12. The number of carboxylic acid groups (broad SMARTS) is 1. The molecule has 2 aliphatic carbocycles. The van der Waals surface area contributed by atoms with Crippen molar-refractivity contribution in [3.05, 3.63) is 104 Å². The molecule has 0 amide bonds. The van der Waals surface area contributed by atoms with Crippen LogP contribution in [0.3, 0.4) is 0 Å². The van der Waals surface area contributed by atoms with E-state index in [-0.39, 0.29) is 18.1 Å². The number of nitrogens with zero attached hydrogens (tertiary/aromatic N) is 1. The summed E-state index contributed by atoms with van der Waals surface area (Å²) in [4.78, 5) is 11.5. The maximum Gasteiger partial charge on any atom is 0.335 e. The molecule has 1 heterocycles. The first kappa shape index (κ1) is 26.9. The summed E-state index contributed by atoms with van der Waals surface area (Å²) in [7, 11) is 0. The van der Waals surface area contributed by atoms with E-state index in [9.17, 15) is 15.0 Å². The Kier molecular flexibility index (Phi) is 6.89. The highest BCUT2D eigenvalue weighted by atomic mass is 35.5. The van der Waals surface area contributed by atoms with Crippen LogP contribution in [0, 0.1) is 13.8 Å². The van der Waals surface area contributed by atoms with Crippen molar-refractivity contribution in [1.29, 1.82) is 0 Å². The van der Waals surface area contributed by atoms with E-state index in [2.05, 4.69) is 5.16 Å². The third-order valence-electron chi connectivity index (χ3n) is 8.04. The normalized spacial score (nSPS) is 20.3. The van der Waals surface area contributed by atoms with Crippen molar-refractivity contribution in [2.75, 3.05) is 0 Å². The first-order chi connectivity index (χ1) is 19.1. The molecule has 2 saturated carbocycles. The number of hydrogen-bond donors (Lipinski definition) is 2. The average Bonchev–Trinajstić information content (AvgIpc) is 3.65. The molecule has 6 nitrogen and oxygen atoms in total. The lowest BCUT2D eigenvalue weighted by Gasteiger charge is -2.45. The second-order valence-corrected chi connectivity index (χ2v) is 11.9. The molecular weight excluding hydrogens is 549 g/mol. The molecule has 0 saturated heterocycles. The summed E-state index contributed by atoms with van der Waals surface area (Å²) in [6, 6.07) is 16.4. The van der Waals surface area contributed by atoms with E-state index in [1.807, 2.05) is 44.2 Å². The van der Waals surface area contributed by atoms with Gasteiger partial charge in [0.05, 0.1) is 26.8 Å². The Hall–Kier alpha value is -3.32. The molecule has 2 N–H and O–H groups in total. The third-order valence-corrected chi connectivity index (χ3v) is 8.66. The Morgan fingerprint density at radius 2 is 1.82 bits per heavy atom. The lowest BCUT2D eigenvalue weighted by Crippen LogP contribution is -2.40. The number of aromatic nitrogens is 1. The zero-order valence-electron chi connectivity index (χ0n) is 22.2. The second kappa shape index (κ2) is 10.3. The Morgan fingerprint density at radius 3 is 2.50 bits per heavy atom. The monoisotopic (exact) mass is 577 g/mol. The van der Waals surface area contributed by atoms with Crippen molar-refractivity contribution < 1.29 is 24.3 Å². The van der Waals surface area contributed by atoms with Crippen molar-refractivity contribution in [2.24, 2.45) is 0 Å². The summed E-state index contributed by atoms with van der Waals surface area (Å²) in [5.74, 6) is 0.852. The van der Waals surface area contributed by atoms with Gasteiger partial charge >= 0.3 is 5.97 Å². The molecule has 4 aromatic rings. The number of benzene rings is 3. The molecule has 0 spiro atoms. The SMILES string of the molecule is Cc1cc(C(=O)O)cc([C@H]2C[C@@](O)(c3ccc(OCc4c(-c5c(C)cccc5Cl)noc4C4CC4)cc3Cl)C2)c1. The van der Waals surface area contributed by atoms with E-state index in [0.29, 0.717) is 45.8 Å². The lowest BCUT2D eigenvalue weighted by atomic mass is 9.64. The number of halogens is 2. The van der Waals surface area contributed by atoms with Crippen LogP contribution in [0.15, 0.2) is 59.1 Å². The van der Waals surface area contributed by atoms with Gasteiger partial charge in [0.25, 0.3) is 0 Å². The zero-order chi connectivity index (χ0) is 28.2. The molecule has 206 valence electrons. The predicted octanol–water partition coefficient (Wildman–Crippen LogP) is 8.19. The molecule has 1 aromatic heterocycles. The van der Waals surface area contributed by atoms with Crippen molar-refractivity contribution in [1.82, 2.24) is 5.16 Å². The Bertz CT molecular complexity index is 1600. The standard InChI is InChI=1S/C32H29Cl2NO5/c1-17-10-20(12-21(11-17)31(36)37)22-14-32(38,15-22)25-9-8-23(13-27(25)34)39-16-24-29(35-40-30(24)19-6-7-19)28-18(2)4-3-5-26(28)33/h3-5,8-13,19,22,38H,6-7,14-16H2,1-2H3,(H,36,37)/t22-,32-. The summed E-state index contributed by atoms with van der Waals surface area (Å²) in [6.07, 6.45) is 3.04. The maximum atomic E-state index is 11.5. The van der Waals surface area contributed by atoms with Gasteiger partial charge < -0.3 is 19.5 Å². The van der Waals surface area contributed by atoms with Crippen LogP contribution < -0.4 is 4.74 Å².